The molecule has 0 spiro atoms. The number of nitrogens with zero attached hydrogens (tertiary/aromatic N) is 1. The van der Waals surface area contributed by atoms with Gasteiger partial charge in [-0.25, -0.2) is 0 Å². The van der Waals surface area contributed by atoms with Gasteiger partial charge in [-0.05, 0) is 0 Å². The van der Waals surface area contributed by atoms with Crippen LogP contribution in [0.2, 0.25) is 0 Å². The molecule has 0 aliphatic carbocycles. The standard InChI is InChI=1S/C10H12AsNO2/c1-7-5-8(10(11)12-6-7)3-4-9(13)14-2/h3-6H,11H2,1-2H3. The Labute approximate surface area is 91.7 Å². The molecule has 0 fully saturated rings. The molecule has 1 atom stereocenters. The van der Waals surface area contributed by atoms with Gasteiger partial charge in [0.05, 0.1) is 0 Å². The van der Waals surface area contributed by atoms with E-state index in [1.54, 1.807) is 6.08 Å². The molecule has 1 heterocycles. The number of methoxy groups -OCH3 is 1. The third-order valence-corrected chi connectivity index (χ3v) is 2.70. The van der Waals surface area contributed by atoms with Crippen LogP contribution in [0.5, 0.6) is 0 Å². The van der Waals surface area contributed by atoms with Crippen molar-refractivity contribution in [3.8, 4) is 0 Å². The van der Waals surface area contributed by atoms with Crippen LogP contribution in [-0.2, 0) is 9.53 Å². The van der Waals surface area contributed by atoms with E-state index in [-0.39, 0.29) is 5.97 Å². The summed E-state index contributed by atoms with van der Waals surface area (Å²) >= 11 is 1.44. The molecule has 0 aliphatic heterocycles. The van der Waals surface area contributed by atoms with Gasteiger partial charge < -0.3 is 0 Å². The molecule has 1 rings (SSSR count). The normalized spacial score (nSPS) is 10.5. The molecule has 0 saturated carbocycles. The van der Waals surface area contributed by atoms with Crippen molar-refractivity contribution in [2.75, 3.05) is 7.11 Å². The van der Waals surface area contributed by atoms with Gasteiger partial charge in [0.2, 0.25) is 0 Å². The van der Waals surface area contributed by atoms with Crippen LogP contribution in [0.1, 0.15) is 11.1 Å². The maximum absolute atomic E-state index is 10.9. The Morgan fingerprint density at radius 3 is 3.00 bits per heavy atom. The van der Waals surface area contributed by atoms with E-state index in [1.807, 2.05) is 19.2 Å². The Balaban J connectivity index is 2.90. The third kappa shape index (κ3) is 3.00. The molecule has 1 aromatic heterocycles. The molecular weight excluding hydrogens is 241 g/mol. The molecule has 3 nitrogen and oxygen atoms in total. The van der Waals surface area contributed by atoms with Gasteiger partial charge in [0.1, 0.15) is 0 Å². The van der Waals surface area contributed by atoms with Crippen LogP contribution in [0.4, 0.5) is 0 Å². The molecule has 4 heteroatoms. The molecule has 0 N–H and O–H groups in total. The van der Waals surface area contributed by atoms with Gasteiger partial charge in [0.15, 0.2) is 0 Å². The monoisotopic (exact) mass is 253 g/mol. The Morgan fingerprint density at radius 1 is 1.64 bits per heavy atom. The van der Waals surface area contributed by atoms with Gasteiger partial charge in [-0.3, -0.25) is 0 Å². The van der Waals surface area contributed by atoms with Crippen molar-refractivity contribution in [3.05, 3.63) is 29.5 Å². The van der Waals surface area contributed by atoms with Crippen molar-refractivity contribution in [2.24, 2.45) is 0 Å². The number of aromatic nitrogens is 1. The van der Waals surface area contributed by atoms with E-state index in [1.165, 1.54) is 30.0 Å². The minimum atomic E-state index is -0.349. The van der Waals surface area contributed by atoms with Gasteiger partial charge in [0, 0.05) is 0 Å². The van der Waals surface area contributed by atoms with Gasteiger partial charge in [-0.2, -0.15) is 0 Å². The molecule has 74 valence electrons. The fourth-order valence-corrected chi connectivity index (χ4v) is 1.49. The van der Waals surface area contributed by atoms with E-state index in [9.17, 15) is 4.79 Å². The molecule has 0 amide bonds. The fraction of sp³-hybridized carbons (Fsp3) is 0.200. The predicted octanol–water partition coefficient (Wildman–Crippen LogP) is -0.165. The zero-order valence-electron chi connectivity index (χ0n) is 8.15. The molecule has 0 radical (unpaired) electrons. The van der Waals surface area contributed by atoms with Gasteiger partial charge in [0.25, 0.3) is 0 Å². The molecule has 0 saturated heterocycles. The second kappa shape index (κ2) is 4.96. The van der Waals surface area contributed by atoms with Crippen molar-refractivity contribution < 1.29 is 9.53 Å². The number of pyridine rings is 1. The molecule has 0 aromatic carbocycles. The van der Waals surface area contributed by atoms with Gasteiger partial charge in [-0.1, -0.05) is 0 Å². The number of carbonyl (C=O) groups excluding carboxylic acids is 1. The second-order valence-electron chi connectivity index (χ2n) is 2.84. The minimum absolute atomic E-state index is 0.349. The number of carbonyl (C=O) groups is 1. The molecule has 0 aliphatic rings. The molecule has 0 bridgehead atoms. The molecule has 14 heavy (non-hydrogen) atoms. The van der Waals surface area contributed by atoms with Crippen molar-refractivity contribution >= 4 is 33.4 Å². The molecule has 1 aromatic rings. The zero-order chi connectivity index (χ0) is 10.6. The summed E-state index contributed by atoms with van der Waals surface area (Å²) in [5.41, 5.74) is 2.05. The summed E-state index contributed by atoms with van der Waals surface area (Å²) in [6.45, 7) is 1.97. The quantitative estimate of drug-likeness (QED) is 0.417. The van der Waals surface area contributed by atoms with E-state index < -0.39 is 0 Å². The van der Waals surface area contributed by atoms with Gasteiger partial charge >= 0.3 is 91.4 Å². The van der Waals surface area contributed by atoms with E-state index in [4.69, 9.17) is 0 Å². The van der Waals surface area contributed by atoms with Crippen molar-refractivity contribution in [1.29, 1.82) is 0 Å². The van der Waals surface area contributed by atoms with E-state index >= 15 is 0 Å². The number of rotatable bonds is 2. The fourth-order valence-electron chi connectivity index (χ4n) is 0.962. The van der Waals surface area contributed by atoms with Crippen LogP contribution >= 0.6 is 0 Å². The summed E-state index contributed by atoms with van der Waals surface area (Å²) < 4.78 is 5.46. The van der Waals surface area contributed by atoms with Crippen LogP contribution in [0.3, 0.4) is 0 Å². The zero-order valence-corrected chi connectivity index (χ0v) is 10.6. The van der Waals surface area contributed by atoms with Crippen molar-refractivity contribution in [3.63, 3.8) is 0 Å². The first-order chi connectivity index (χ1) is 6.63. The first-order valence-corrected chi connectivity index (χ1v) is 5.33. The number of hydrogen-bond donors (Lipinski definition) is 0. The van der Waals surface area contributed by atoms with Gasteiger partial charge in [-0.15, -0.1) is 0 Å². The number of hydrogen-bond acceptors (Lipinski definition) is 3. The predicted molar refractivity (Wildman–Crippen MR) is 58.2 cm³/mol. The average Bonchev–Trinajstić information content (AvgIpc) is 2.19. The first-order valence-electron chi connectivity index (χ1n) is 4.11. The summed E-state index contributed by atoms with van der Waals surface area (Å²) in [6.07, 6.45) is 4.94. The van der Waals surface area contributed by atoms with E-state index in [2.05, 4.69) is 9.72 Å². The molecular formula is C10H12AsNO2. The van der Waals surface area contributed by atoms with E-state index in [0.717, 1.165) is 15.6 Å². The third-order valence-electron chi connectivity index (χ3n) is 1.69. The van der Waals surface area contributed by atoms with Crippen molar-refractivity contribution in [1.82, 2.24) is 4.98 Å². The second-order valence-corrected chi connectivity index (χ2v) is 3.99. The van der Waals surface area contributed by atoms with Crippen LogP contribution in [0.15, 0.2) is 18.3 Å². The summed E-state index contributed by atoms with van der Waals surface area (Å²) in [7, 11) is 1.36. The van der Waals surface area contributed by atoms with E-state index in [0.29, 0.717) is 0 Å². The Bertz CT molecular complexity index is 374. The summed E-state index contributed by atoms with van der Waals surface area (Å²) in [5.74, 6) is -0.349. The Hall–Kier alpha value is -1.08. The first kappa shape index (κ1) is 11.0. The maximum atomic E-state index is 10.9. The van der Waals surface area contributed by atoms with Crippen LogP contribution < -0.4 is 4.48 Å². The average molecular weight is 253 g/mol. The Kier molecular flexibility index (Phi) is 3.90. The number of esters is 1. The Morgan fingerprint density at radius 2 is 2.36 bits per heavy atom. The van der Waals surface area contributed by atoms with Crippen molar-refractivity contribution in [2.45, 2.75) is 6.92 Å². The van der Waals surface area contributed by atoms with Crippen LogP contribution in [0.25, 0.3) is 6.08 Å². The number of ether oxygens (including phenoxy) is 1. The topological polar surface area (TPSA) is 39.2 Å². The SMILES string of the molecule is COC(=O)C=Cc1cc(C)cnc1[AsH2]. The summed E-state index contributed by atoms with van der Waals surface area (Å²) in [6, 6.07) is 1.99. The van der Waals surface area contributed by atoms with Crippen LogP contribution in [0, 0.1) is 6.92 Å². The van der Waals surface area contributed by atoms with Crippen LogP contribution in [-0.4, -0.2) is 34.9 Å². The molecule has 1 unspecified atom stereocenters. The summed E-state index contributed by atoms with van der Waals surface area (Å²) in [4.78, 5) is 15.1. The summed E-state index contributed by atoms with van der Waals surface area (Å²) in [5, 5.41) is 0. The number of aryl methyl sites for hydroxylation is 1.